The van der Waals surface area contributed by atoms with E-state index in [1.807, 2.05) is 24.2 Å². The van der Waals surface area contributed by atoms with Gasteiger partial charge in [-0.1, -0.05) is 0 Å². The Labute approximate surface area is 192 Å². The van der Waals surface area contributed by atoms with E-state index in [2.05, 4.69) is 31.3 Å². The van der Waals surface area contributed by atoms with Crippen molar-refractivity contribution in [3.05, 3.63) is 36.4 Å². The summed E-state index contributed by atoms with van der Waals surface area (Å²) in [5, 5.41) is 18.4. The van der Waals surface area contributed by atoms with E-state index in [1.54, 1.807) is 10.9 Å². The van der Waals surface area contributed by atoms with Crippen LogP contribution in [0.25, 0.3) is 10.9 Å². The molecule has 1 unspecified atom stereocenters. The lowest BCUT2D eigenvalue weighted by molar-refractivity contribution is 0.102. The molecule has 1 atom stereocenters. The van der Waals surface area contributed by atoms with Crippen LogP contribution in [0.15, 0.2) is 30.7 Å². The minimum Gasteiger partial charge on any atom is -0.391 e. The number of hydrogen-bond donors (Lipinski definition) is 2. The topological polar surface area (TPSA) is 99.4 Å². The predicted molar refractivity (Wildman–Crippen MR) is 127 cm³/mol. The van der Waals surface area contributed by atoms with E-state index in [1.165, 1.54) is 12.6 Å². The summed E-state index contributed by atoms with van der Waals surface area (Å²) < 4.78 is 1.79. The van der Waals surface area contributed by atoms with Gasteiger partial charge >= 0.3 is 0 Å². The normalized spacial score (nSPS) is 18.6. The zero-order valence-electron chi connectivity index (χ0n) is 18.1. The lowest BCUT2D eigenvalue weighted by Gasteiger charge is -2.30. The number of benzene rings is 1. The fourth-order valence-electron chi connectivity index (χ4n) is 4.43. The van der Waals surface area contributed by atoms with Crippen LogP contribution in [0.5, 0.6) is 0 Å². The second-order valence-corrected chi connectivity index (χ2v) is 8.38. The largest absolute Gasteiger partial charge is 0.391 e. The molecule has 9 nitrogen and oxygen atoms in total. The first kappa shape index (κ1) is 22.3. The fourth-order valence-corrected chi connectivity index (χ4v) is 4.43. The standard InChI is InChI=1S/C22H27N7O2.ClH/c1-27-13-15-9-18(20(10-17(15)26-27)28-6-3-2-4-7-28)25-22(31)19-11-23-12-21(24-19)29-8-5-16(30)14-29;/h9-13,16,30H,2-8,14H2,1H3,(H,25,31);1H. The van der Waals surface area contributed by atoms with Gasteiger partial charge in [0.25, 0.3) is 5.91 Å². The third-order valence-corrected chi connectivity index (χ3v) is 6.02. The van der Waals surface area contributed by atoms with Crippen molar-refractivity contribution in [3.63, 3.8) is 0 Å². The number of piperidine rings is 1. The number of aryl methyl sites for hydroxylation is 1. The number of halogens is 1. The second-order valence-electron chi connectivity index (χ2n) is 8.38. The Balaban J connectivity index is 0.00000245. The molecule has 2 saturated heterocycles. The van der Waals surface area contributed by atoms with Crippen molar-refractivity contribution in [2.24, 2.45) is 7.05 Å². The van der Waals surface area contributed by atoms with E-state index in [9.17, 15) is 9.90 Å². The molecule has 4 heterocycles. The number of aliphatic hydroxyl groups excluding tert-OH is 1. The molecule has 2 aliphatic heterocycles. The van der Waals surface area contributed by atoms with Crippen LogP contribution >= 0.6 is 12.4 Å². The molecule has 0 bridgehead atoms. The van der Waals surface area contributed by atoms with Gasteiger partial charge in [0.05, 0.1) is 35.4 Å². The molecule has 1 amide bonds. The van der Waals surface area contributed by atoms with Gasteiger partial charge in [-0.2, -0.15) is 5.10 Å². The first-order chi connectivity index (χ1) is 15.1. The monoisotopic (exact) mass is 457 g/mol. The molecule has 5 rings (SSSR count). The van der Waals surface area contributed by atoms with Gasteiger partial charge < -0.3 is 20.2 Å². The summed E-state index contributed by atoms with van der Waals surface area (Å²) in [5.74, 6) is 0.318. The molecule has 0 aliphatic carbocycles. The van der Waals surface area contributed by atoms with Gasteiger partial charge in [-0.05, 0) is 37.8 Å². The summed E-state index contributed by atoms with van der Waals surface area (Å²) in [6.45, 7) is 3.15. The van der Waals surface area contributed by atoms with E-state index in [0.29, 0.717) is 25.3 Å². The van der Waals surface area contributed by atoms with Crippen molar-refractivity contribution in [3.8, 4) is 0 Å². The fraction of sp³-hybridized carbons (Fsp3) is 0.455. The Morgan fingerprint density at radius 2 is 1.94 bits per heavy atom. The molecule has 2 fully saturated rings. The second kappa shape index (κ2) is 9.30. The Hall–Kier alpha value is -2.91. The molecule has 1 aromatic carbocycles. The summed E-state index contributed by atoms with van der Waals surface area (Å²) in [6, 6.07) is 4.04. The van der Waals surface area contributed by atoms with Crippen LogP contribution < -0.4 is 15.1 Å². The number of nitrogens with zero attached hydrogens (tertiary/aromatic N) is 6. The number of β-amino-alcohol motifs (C(OH)–C–C–N with tert-alkyl or cyclic N) is 1. The molecule has 2 aliphatic rings. The van der Waals surface area contributed by atoms with Crippen LogP contribution in [0.3, 0.4) is 0 Å². The smallest absolute Gasteiger partial charge is 0.276 e. The van der Waals surface area contributed by atoms with Crippen LogP contribution in [-0.2, 0) is 7.05 Å². The highest BCUT2D eigenvalue weighted by atomic mass is 35.5. The molecule has 2 aromatic heterocycles. The highest BCUT2D eigenvalue weighted by molar-refractivity contribution is 6.06. The van der Waals surface area contributed by atoms with Crippen LogP contribution in [0.4, 0.5) is 17.2 Å². The lowest BCUT2D eigenvalue weighted by Crippen LogP contribution is -2.30. The van der Waals surface area contributed by atoms with Crippen LogP contribution in [-0.4, -0.2) is 63.0 Å². The Morgan fingerprint density at radius 3 is 2.69 bits per heavy atom. The average Bonchev–Trinajstić information content (AvgIpc) is 3.38. The number of fused-ring (bicyclic) bond motifs is 1. The summed E-state index contributed by atoms with van der Waals surface area (Å²) in [5.41, 5.74) is 2.92. The van der Waals surface area contributed by atoms with Crippen molar-refractivity contribution in [1.29, 1.82) is 0 Å². The molecule has 10 heteroatoms. The number of carbonyl (C=O) groups is 1. The van der Waals surface area contributed by atoms with Crippen LogP contribution in [0.1, 0.15) is 36.2 Å². The average molecular weight is 458 g/mol. The number of nitrogens with one attached hydrogen (secondary N) is 1. The minimum atomic E-state index is -0.363. The van der Waals surface area contributed by atoms with Crippen molar-refractivity contribution in [1.82, 2.24) is 19.7 Å². The highest BCUT2D eigenvalue weighted by Crippen LogP contribution is 2.33. The van der Waals surface area contributed by atoms with Crippen molar-refractivity contribution in [2.75, 3.05) is 41.3 Å². The number of carbonyl (C=O) groups excluding carboxylic acids is 1. The van der Waals surface area contributed by atoms with Gasteiger partial charge in [0, 0.05) is 44.8 Å². The van der Waals surface area contributed by atoms with Crippen molar-refractivity contribution >= 4 is 46.4 Å². The number of amides is 1. The van der Waals surface area contributed by atoms with Gasteiger partial charge in [-0.15, -0.1) is 12.4 Å². The number of aliphatic hydroxyl groups is 1. The van der Waals surface area contributed by atoms with Gasteiger partial charge in [-0.25, -0.2) is 4.98 Å². The van der Waals surface area contributed by atoms with Gasteiger partial charge in [0.1, 0.15) is 11.5 Å². The van der Waals surface area contributed by atoms with Gasteiger partial charge in [0.2, 0.25) is 0 Å². The molecular formula is C22H28ClN7O2. The first-order valence-electron chi connectivity index (χ1n) is 10.9. The van der Waals surface area contributed by atoms with E-state index in [-0.39, 0.29) is 30.1 Å². The summed E-state index contributed by atoms with van der Waals surface area (Å²) >= 11 is 0. The first-order valence-corrected chi connectivity index (χ1v) is 10.9. The van der Waals surface area contributed by atoms with Crippen molar-refractivity contribution < 1.29 is 9.90 Å². The molecule has 2 N–H and O–H groups in total. The van der Waals surface area contributed by atoms with Crippen LogP contribution in [0.2, 0.25) is 0 Å². The number of hydrogen-bond acceptors (Lipinski definition) is 7. The Bertz CT molecular complexity index is 1110. The molecule has 3 aromatic rings. The van der Waals surface area contributed by atoms with E-state index in [4.69, 9.17) is 0 Å². The Morgan fingerprint density at radius 1 is 1.12 bits per heavy atom. The molecule has 0 saturated carbocycles. The molecule has 0 radical (unpaired) electrons. The maximum absolute atomic E-state index is 13.1. The molecule has 32 heavy (non-hydrogen) atoms. The van der Waals surface area contributed by atoms with Crippen molar-refractivity contribution in [2.45, 2.75) is 31.8 Å². The van der Waals surface area contributed by atoms with Gasteiger partial charge in [-0.3, -0.25) is 14.5 Å². The van der Waals surface area contributed by atoms with Gasteiger partial charge in [0.15, 0.2) is 0 Å². The minimum absolute atomic E-state index is 0. The summed E-state index contributed by atoms with van der Waals surface area (Å²) in [6.07, 6.45) is 8.91. The lowest BCUT2D eigenvalue weighted by atomic mass is 10.1. The number of aromatic nitrogens is 4. The number of anilines is 3. The van der Waals surface area contributed by atoms with E-state index in [0.717, 1.165) is 48.2 Å². The third kappa shape index (κ3) is 4.49. The Kier molecular flexibility index (Phi) is 6.48. The quantitative estimate of drug-likeness (QED) is 0.621. The molecule has 0 spiro atoms. The maximum Gasteiger partial charge on any atom is 0.276 e. The molecule has 170 valence electrons. The SMILES string of the molecule is Cl.Cn1cc2cc(NC(=O)c3cncc(N4CCC(O)C4)n3)c(N3CCCCC3)cc2n1. The summed E-state index contributed by atoms with van der Waals surface area (Å²) in [4.78, 5) is 26.1. The maximum atomic E-state index is 13.1. The summed E-state index contributed by atoms with van der Waals surface area (Å²) in [7, 11) is 1.90. The predicted octanol–water partition coefficient (Wildman–Crippen LogP) is 2.60. The van der Waals surface area contributed by atoms with E-state index < -0.39 is 0 Å². The zero-order chi connectivity index (χ0) is 21.4. The highest BCUT2D eigenvalue weighted by Gasteiger charge is 2.23. The van der Waals surface area contributed by atoms with Crippen LogP contribution in [0, 0.1) is 0 Å². The number of rotatable bonds is 4. The van der Waals surface area contributed by atoms with E-state index >= 15 is 0 Å². The zero-order valence-corrected chi connectivity index (χ0v) is 18.9. The molecular weight excluding hydrogens is 430 g/mol. The third-order valence-electron chi connectivity index (χ3n) is 6.02.